The summed E-state index contributed by atoms with van der Waals surface area (Å²) in [4.78, 5) is 14.5. The standard InChI is InChI=1S/C22H18ClN3O/c23-20-9-5-16(6-10-20)13-24-25-22(27)17-7-11-21(12-8-17)26-14-18-3-1-2-4-19(18)15-26/h1-13H,14-15H2,(H,25,27)/b24-13-. The van der Waals surface area contributed by atoms with Gasteiger partial charge in [-0.25, -0.2) is 5.43 Å². The highest BCUT2D eigenvalue weighted by molar-refractivity contribution is 6.30. The average Bonchev–Trinajstić information content (AvgIpc) is 3.14. The molecular formula is C22H18ClN3O. The van der Waals surface area contributed by atoms with Crippen molar-refractivity contribution in [3.63, 3.8) is 0 Å². The van der Waals surface area contributed by atoms with Gasteiger partial charge in [0.05, 0.1) is 6.21 Å². The van der Waals surface area contributed by atoms with Crippen LogP contribution in [0.1, 0.15) is 27.0 Å². The Labute approximate surface area is 163 Å². The molecule has 0 bridgehead atoms. The summed E-state index contributed by atoms with van der Waals surface area (Å²) in [6.07, 6.45) is 1.59. The molecule has 1 aliphatic heterocycles. The second-order valence-corrected chi connectivity index (χ2v) is 6.86. The zero-order chi connectivity index (χ0) is 18.6. The van der Waals surface area contributed by atoms with Gasteiger partial charge in [0.25, 0.3) is 5.91 Å². The Morgan fingerprint density at radius 3 is 2.19 bits per heavy atom. The number of fused-ring (bicyclic) bond motifs is 1. The topological polar surface area (TPSA) is 44.7 Å². The van der Waals surface area contributed by atoms with Crippen molar-refractivity contribution >= 4 is 29.4 Å². The summed E-state index contributed by atoms with van der Waals surface area (Å²) in [5.41, 5.74) is 7.81. The van der Waals surface area contributed by atoms with E-state index in [9.17, 15) is 4.79 Å². The smallest absolute Gasteiger partial charge is 0.271 e. The van der Waals surface area contributed by atoms with Gasteiger partial charge in [0.15, 0.2) is 0 Å². The van der Waals surface area contributed by atoms with Crippen molar-refractivity contribution < 1.29 is 4.79 Å². The maximum Gasteiger partial charge on any atom is 0.271 e. The lowest BCUT2D eigenvalue weighted by Crippen LogP contribution is -2.18. The van der Waals surface area contributed by atoms with Crippen molar-refractivity contribution in [2.45, 2.75) is 13.1 Å². The van der Waals surface area contributed by atoms with Gasteiger partial charge in [-0.15, -0.1) is 0 Å². The van der Waals surface area contributed by atoms with E-state index in [4.69, 9.17) is 11.6 Å². The van der Waals surface area contributed by atoms with Crippen LogP contribution in [0.3, 0.4) is 0 Å². The molecule has 0 unspecified atom stereocenters. The van der Waals surface area contributed by atoms with Crippen molar-refractivity contribution in [2.75, 3.05) is 4.90 Å². The predicted molar refractivity (Wildman–Crippen MR) is 109 cm³/mol. The van der Waals surface area contributed by atoms with Gasteiger partial charge in [-0.3, -0.25) is 4.79 Å². The first-order chi connectivity index (χ1) is 13.2. The molecule has 1 amide bonds. The Morgan fingerprint density at radius 2 is 1.56 bits per heavy atom. The molecule has 4 rings (SSSR count). The molecule has 0 atom stereocenters. The second-order valence-electron chi connectivity index (χ2n) is 6.42. The highest BCUT2D eigenvalue weighted by Crippen LogP contribution is 2.28. The van der Waals surface area contributed by atoms with Gasteiger partial charge in [-0.1, -0.05) is 48.0 Å². The van der Waals surface area contributed by atoms with Crippen LogP contribution in [-0.4, -0.2) is 12.1 Å². The summed E-state index contributed by atoms with van der Waals surface area (Å²) < 4.78 is 0. The minimum Gasteiger partial charge on any atom is -0.363 e. The second kappa shape index (κ2) is 7.64. The van der Waals surface area contributed by atoms with Crippen molar-refractivity contribution in [1.29, 1.82) is 0 Å². The van der Waals surface area contributed by atoms with E-state index in [0.717, 1.165) is 24.3 Å². The molecule has 3 aromatic carbocycles. The van der Waals surface area contributed by atoms with Gasteiger partial charge in [0, 0.05) is 29.4 Å². The molecule has 0 saturated heterocycles. The van der Waals surface area contributed by atoms with Crippen molar-refractivity contribution in [1.82, 2.24) is 5.43 Å². The third-order valence-corrected chi connectivity index (χ3v) is 4.84. The summed E-state index contributed by atoms with van der Waals surface area (Å²) in [6.45, 7) is 1.79. The first-order valence-electron chi connectivity index (χ1n) is 8.70. The summed E-state index contributed by atoms with van der Waals surface area (Å²) in [7, 11) is 0. The molecule has 0 saturated carbocycles. The van der Waals surface area contributed by atoms with Gasteiger partial charge in [-0.2, -0.15) is 5.10 Å². The van der Waals surface area contributed by atoms with Gasteiger partial charge in [0.2, 0.25) is 0 Å². The summed E-state index contributed by atoms with van der Waals surface area (Å²) in [5, 5.41) is 4.66. The summed E-state index contributed by atoms with van der Waals surface area (Å²) in [5.74, 6) is -0.239. The van der Waals surface area contributed by atoms with Crippen LogP contribution in [0.25, 0.3) is 0 Å². The maximum absolute atomic E-state index is 12.2. The fourth-order valence-electron chi connectivity index (χ4n) is 3.12. The number of halogens is 1. The molecule has 3 aromatic rings. The molecule has 0 aliphatic carbocycles. The highest BCUT2D eigenvalue weighted by atomic mass is 35.5. The van der Waals surface area contributed by atoms with Gasteiger partial charge < -0.3 is 4.90 Å². The van der Waals surface area contributed by atoms with Crippen LogP contribution in [0.15, 0.2) is 77.9 Å². The van der Waals surface area contributed by atoms with Gasteiger partial charge >= 0.3 is 0 Å². The minimum absolute atomic E-state index is 0.239. The Bertz CT molecular complexity index is 956. The molecule has 0 fully saturated rings. The highest BCUT2D eigenvalue weighted by Gasteiger charge is 2.18. The lowest BCUT2D eigenvalue weighted by molar-refractivity contribution is 0.0955. The lowest BCUT2D eigenvalue weighted by atomic mass is 10.1. The van der Waals surface area contributed by atoms with Crippen LogP contribution in [0.2, 0.25) is 5.02 Å². The van der Waals surface area contributed by atoms with E-state index in [1.807, 2.05) is 36.4 Å². The maximum atomic E-state index is 12.2. The molecular weight excluding hydrogens is 358 g/mol. The number of hydrogen-bond acceptors (Lipinski definition) is 3. The number of nitrogens with one attached hydrogen (secondary N) is 1. The number of anilines is 1. The van der Waals surface area contributed by atoms with E-state index in [1.54, 1.807) is 18.3 Å². The largest absolute Gasteiger partial charge is 0.363 e. The van der Waals surface area contributed by atoms with E-state index in [0.29, 0.717) is 10.6 Å². The molecule has 134 valence electrons. The van der Waals surface area contributed by atoms with Crippen LogP contribution in [0.5, 0.6) is 0 Å². The number of benzene rings is 3. The molecule has 5 heteroatoms. The Morgan fingerprint density at radius 1 is 0.926 bits per heavy atom. The van der Waals surface area contributed by atoms with Gasteiger partial charge in [0.1, 0.15) is 0 Å². The van der Waals surface area contributed by atoms with E-state index in [2.05, 4.69) is 39.7 Å². The first kappa shape index (κ1) is 17.3. The van der Waals surface area contributed by atoms with Crippen LogP contribution in [0, 0.1) is 0 Å². The van der Waals surface area contributed by atoms with E-state index >= 15 is 0 Å². The molecule has 1 aliphatic rings. The zero-order valence-electron chi connectivity index (χ0n) is 14.6. The fraction of sp³-hybridized carbons (Fsp3) is 0.0909. The molecule has 1 heterocycles. The van der Waals surface area contributed by atoms with Crippen molar-refractivity contribution in [2.24, 2.45) is 5.10 Å². The number of carbonyl (C=O) groups excluding carboxylic acids is 1. The third kappa shape index (κ3) is 4.01. The van der Waals surface area contributed by atoms with Crippen molar-refractivity contribution in [3.05, 3.63) is 100 Å². The zero-order valence-corrected chi connectivity index (χ0v) is 15.4. The number of carbonyl (C=O) groups is 1. The van der Waals surface area contributed by atoms with E-state index < -0.39 is 0 Å². The molecule has 0 aromatic heterocycles. The predicted octanol–water partition coefficient (Wildman–Crippen LogP) is 4.62. The number of hydrogen-bond donors (Lipinski definition) is 1. The molecule has 1 N–H and O–H groups in total. The summed E-state index contributed by atoms with van der Waals surface area (Å²) >= 11 is 5.84. The number of hydrazone groups is 1. The first-order valence-corrected chi connectivity index (χ1v) is 9.07. The normalized spacial score (nSPS) is 13.0. The number of amides is 1. The third-order valence-electron chi connectivity index (χ3n) is 4.59. The Hall–Kier alpha value is -3.11. The lowest BCUT2D eigenvalue weighted by Gasteiger charge is -2.17. The molecule has 4 nitrogen and oxygen atoms in total. The van der Waals surface area contributed by atoms with Crippen molar-refractivity contribution in [3.8, 4) is 0 Å². The van der Waals surface area contributed by atoms with E-state index in [1.165, 1.54) is 11.1 Å². The van der Waals surface area contributed by atoms with Crippen LogP contribution in [0.4, 0.5) is 5.69 Å². The molecule has 0 radical (unpaired) electrons. The SMILES string of the molecule is O=C(N/N=C\c1ccc(Cl)cc1)c1ccc(N2Cc3ccccc3C2)cc1. The molecule has 0 spiro atoms. The van der Waals surface area contributed by atoms with Crippen LogP contribution < -0.4 is 10.3 Å². The van der Waals surface area contributed by atoms with Crippen LogP contribution >= 0.6 is 11.6 Å². The Balaban J connectivity index is 1.37. The quantitative estimate of drug-likeness (QED) is 0.534. The van der Waals surface area contributed by atoms with Gasteiger partial charge in [-0.05, 0) is 53.1 Å². The monoisotopic (exact) mass is 375 g/mol. The average molecular weight is 376 g/mol. The Kier molecular flexibility index (Phi) is 4.90. The van der Waals surface area contributed by atoms with Crippen LogP contribution in [-0.2, 0) is 13.1 Å². The van der Waals surface area contributed by atoms with E-state index in [-0.39, 0.29) is 5.91 Å². The molecule has 27 heavy (non-hydrogen) atoms. The minimum atomic E-state index is -0.239. The summed E-state index contributed by atoms with van der Waals surface area (Å²) in [6, 6.07) is 23.3. The number of nitrogens with zero attached hydrogens (tertiary/aromatic N) is 2. The fourth-order valence-corrected chi connectivity index (χ4v) is 3.24. The number of rotatable bonds is 4.